The molecule has 1 unspecified atom stereocenters. The van der Waals surface area contributed by atoms with Crippen LogP contribution >= 0.6 is 0 Å². The lowest BCUT2D eigenvalue weighted by molar-refractivity contribution is -0.319. The van der Waals surface area contributed by atoms with Crippen LogP contribution in [0.4, 0.5) is 4.79 Å². The van der Waals surface area contributed by atoms with Crippen LogP contribution in [0.15, 0.2) is 0 Å². The Hall–Kier alpha value is -1.99. The Balaban J connectivity index is 2.23. The third-order valence-electron chi connectivity index (χ3n) is 13.8. The van der Waals surface area contributed by atoms with Crippen molar-refractivity contribution in [3.05, 3.63) is 0 Å². The number of hydrogen-bond donors (Lipinski definition) is 4. The number of amides is 1. The Kier molecular flexibility index (Phi) is 19.9. The van der Waals surface area contributed by atoms with Crippen LogP contribution in [0.5, 0.6) is 0 Å². The molecule has 0 aromatic rings. The summed E-state index contributed by atoms with van der Waals surface area (Å²) in [5, 5.41) is 37.3. The highest BCUT2D eigenvalue weighted by Gasteiger charge is 2.54. The van der Waals surface area contributed by atoms with E-state index in [2.05, 4.69) is 12.2 Å². The molecule has 0 aliphatic carbocycles. The van der Waals surface area contributed by atoms with Gasteiger partial charge in [-0.15, -0.1) is 0 Å². The number of rotatable bonds is 14. The molecule has 0 bridgehead atoms. The maximum Gasteiger partial charge on any atom is 0.407 e. The monoisotopic (exact) mass is 875 g/mol. The van der Waals surface area contributed by atoms with Gasteiger partial charge in [0.25, 0.3) is 0 Å². The average Bonchev–Trinajstić information content (AvgIpc) is 3.21. The van der Waals surface area contributed by atoms with Gasteiger partial charge in [-0.2, -0.15) is 0 Å². The van der Waals surface area contributed by atoms with Crippen LogP contribution in [0.1, 0.15) is 128 Å². The van der Waals surface area contributed by atoms with Gasteiger partial charge in [0.2, 0.25) is 0 Å². The Morgan fingerprint density at radius 3 is 2.07 bits per heavy atom. The molecular weight excluding hydrogens is 792 g/mol. The summed E-state index contributed by atoms with van der Waals surface area (Å²) in [6.07, 6.45) is -5.75. The van der Waals surface area contributed by atoms with Crippen LogP contribution in [0, 0.1) is 23.7 Å². The molecule has 4 N–H and O–H groups in total. The molecule has 61 heavy (non-hydrogen) atoms. The van der Waals surface area contributed by atoms with E-state index >= 15 is 0 Å². The summed E-state index contributed by atoms with van der Waals surface area (Å²) in [7, 11) is 6.82. The molecule has 0 spiro atoms. The molecule has 16 nitrogen and oxygen atoms in total. The number of aliphatic hydroxyl groups excluding tert-OH is 2. The van der Waals surface area contributed by atoms with Crippen molar-refractivity contribution in [2.75, 3.05) is 34.9 Å². The number of alkyl carbamates (subject to hydrolysis) is 1. The van der Waals surface area contributed by atoms with Crippen LogP contribution in [0.3, 0.4) is 0 Å². The van der Waals surface area contributed by atoms with Gasteiger partial charge in [-0.1, -0.05) is 53.9 Å². The number of carbonyl (C=O) groups excluding carboxylic acids is 3. The van der Waals surface area contributed by atoms with Crippen LogP contribution in [0.2, 0.25) is 0 Å². The van der Waals surface area contributed by atoms with Gasteiger partial charge in [0.15, 0.2) is 18.7 Å². The molecule has 0 radical (unpaired) electrons. The molecule has 3 heterocycles. The summed E-state index contributed by atoms with van der Waals surface area (Å²) < 4.78 is 51.1. The molecule has 0 aromatic carbocycles. The van der Waals surface area contributed by atoms with E-state index in [1.54, 1.807) is 48.5 Å². The number of nitrogens with one attached hydrogen (secondary N) is 1. The number of methoxy groups -OCH3 is 2. The molecule has 3 aliphatic rings. The van der Waals surface area contributed by atoms with E-state index in [9.17, 15) is 29.7 Å². The van der Waals surface area contributed by atoms with Gasteiger partial charge in [0.1, 0.15) is 23.6 Å². The molecule has 3 fully saturated rings. The molecule has 356 valence electrons. The predicted molar refractivity (Wildman–Crippen MR) is 227 cm³/mol. The highest BCUT2D eigenvalue weighted by Crippen LogP contribution is 2.42. The van der Waals surface area contributed by atoms with Gasteiger partial charge in [0.05, 0.1) is 53.7 Å². The Morgan fingerprint density at radius 2 is 1.49 bits per heavy atom. The maximum absolute atomic E-state index is 14.4. The van der Waals surface area contributed by atoms with E-state index in [0.29, 0.717) is 13.0 Å². The quantitative estimate of drug-likeness (QED) is 0.138. The van der Waals surface area contributed by atoms with Crippen LogP contribution in [0.25, 0.3) is 0 Å². The van der Waals surface area contributed by atoms with Crippen molar-refractivity contribution >= 4 is 17.8 Å². The molecule has 18 atom stereocenters. The average molecular weight is 875 g/mol. The number of aliphatic hydroxyl groups is 3. The standard InChI is InChI=1S/C45H82N2O14/c1-16-18-19-20-21-46-42(52)60-36-31(47(12)13)22-26(4)56-41(36)61-39-28(6)35(59-33-24-43(9,54-14)38(50)30(8)57-33)29(7)40(51)58-32(17-2)45(11,53)37(49)27(5)34(48)25(3)23-44(39,10)55-15/h25-33,35-39,41,49-50,53H,16-24H2,1-15H3,(H,46,52)/t25-,26-,27+,28+,29-,30+,31+,32-,33?,35+,36-,37-,38+,39-,41+,43-,44-,45-/m1/s1. The zero-order valence-electron chi connectivity index (χ0n) is 39.8. The molecule has 1 amide bonds. The molecule has 16 heteroatoms. The highest BCUT2D eigenvalue weighted by atomic mass is 16.7. The Labute approximate surface area is 365 Å². The first-order valence-corrected chi connectivity index (χ1v) is 22.6. The van der Waals surface area contributed by atoms with Crippen molar-refractivity contribution in [1.29, 1.82) is 0 Å². The summed E-state index contributed by atoms with van der Waals surface area (Å²) in [5.41, 5.74) is -4.37. The Bertz CT molecular complexity index is 1400. The summed E-state index contributed by atoms with van der Waals surface area (Å²) >= 11 is 0. The van der Waals surface area contributed by atoms with Crippen LogP contribution < -0.4 is 5.32 Å². The summed E-state index contributed by atoms with van der Waals surface area (Å²) in [5.74, 6) is -4.67. The molecule has 0 aromatic heterocycles. The first-order valence-electron chi connectivity index (χ1n) is 22.6. The number of esters is 1. The van der Waals surface area contributed by atoms with Gasteiger partial charge in [0, 0.05) is 44.9 Å². The van der Waals surface area contributed by atoms with Gasteiger partial charge in [-0.3, -0.25) is 9.59 Å². The van der Waals surface area contributed by atoms with Crippen molar-refractivity contribution in [3.63, 3.8) is 0 Å². The number of Topliss-reactive ketones (excluding diaryl/α,β-unsaturated/α-hetero) is 1. The third kappa shape index (κ3) is 12.8. The minimum Gasteiger partial charge on any atom is -0.459 e. The smallest absolute Gasteiger partial charge is 0.407 e. The zero-order valence-corrected chi connectivity index (χ0v) is 39.8. The highest BCUT2D eigenvalue weighted by molar-refractivity contribution is 5.83. The minimum absolute atomic E-state index is 0.0767. The topological polar surface area (TPSA) is 201 Å². The molecular formula is C45H82N2O14. The summed E-state index contributed by atoms with van der Waals surface area (Å²) in [6, 6.07) is -0.319. The van der Waals surface area contributed by atoms with Gasteiger partial charge in [-0.25, -0.2) is 4.79 Å². The van der Waals surface area contributed by atoms with E-state index in [1.807, 2.05) is 32.8 Å². The number of hydrogen-bond acceptors (Lipinski definition) is 15. The zero-order chi connectivity index (χ0) is 46.2. The lowest BCUT2D eigenvalue weighted by atomic mass is 9.74. The molecule has 0 saturated carbocycles. The second-order valence-corrected chi connectivity index (χ2v) is 19.0. The largest absolute Gasteiger partial charge is 0.459 e. The fourth-order valence-corrected chi connectivity index (χ4v) is 9.60. The fraction of sp³-hybridized carbons (Fsp3) is 0.933. The summed E-state index contributed by atoms with van der Waals surface area (Å²) in [6.45, 7) is 19.7. The number of cyclic esters (lactones) is 1. The van der Waals surface area contributed by atoms with Crippen molar-refractivity contribution in [1.82, 2.24) is 10.2 Å². The fourth-order valence-electron chi connectivity index (χ4n) is 9.60. The molecule has 3 rings (SSSR count). The van der Waals surface area contributed by atoms with E-state index in [1.165, 1.54) is 21.1 Å². The van der Waals surface area contributed by atoms with E-state index < -0.39 is 108 Å². The van der Waals surface area contributed by atoms with Crippen molar-refractivity contribution in [3.8, 4) is 0 Å². The van der Waals surface area contributed by atoms with E-state index in [4.69, 9.17) is 37.9 Å². The number of unbranched alkanes of at least 4 members (excludes halogenated alkanes) is 3. The lowest BCUT2D eigenvalue weighted by Gasteiger charge is -2.50. The first kappa shape index (κ1) is 53.3. The number of ketones is 1. The van der Waals surface area contributed by atoms with Crippen molar-refractivity contribution in [2.24, 2.45) is 23.7 Å². The van der Waals surface area contributed by atoms with E-state index in [-0.39, 0.29) is 37.2 Å². The molecule has 3 aliphatic heterocycles. The second-order valence-electron chi connectivity index (χ2n) is 19.0. The minimum atomic E-state index is -1.99. The normalized spacial score (nSPS) is 43.4. The summed E-state index contributed by atoms with van der Waals surface area (Å²) in [4.78, 5) is 44.0. The Morgan fingerprint density at radius 1 is 0.852 bits per heavy atom. The van der Waals surface area contributed by atoms with Gasteiger partial charge < -0.3 is 63.4 Å². The number of nitrogens with zero attached hydrogens (tertiary/aromatic N) is 1. The third-order valence-corrected chi connectivity index (χ3v) is 13.8. The van der Waals surface area contributed by atoms with E-state index in [0.717, 1.165) is 25.7 Å². The van der Waals surface area contributed by atoms with Gasteiger partial charge in [-0.05, 0) is 81.3 Å². The van der Waals surface area contributed by atoms with Crippen LogP contribution in [-0.4, -0.2) is 157 Å². The van der Waals surface area contributed by atoms with Crippen molar-refractivity contribution in [2.45, 2.75) is 212 Å². The number of carbonyl (C=O) groups is 3. The molecule has 3 saturated heterocycles. The predicted octanol–water partition coefficient (Wildman–Crippen LogP) is 4.75. The SMILES string of the molecule is CCCCCCNC(=O)O[C@H]1[C@H](O[C@@H]2[C@@H](C)[C@H](OC3C[C@@](C)(OC)[C@@H](O)[C@H](C)O3)[C@@H](C)C(=O)O[C@H](CC)[C@@](C)(O)[C@H](O)[C@@H](C)C(=O)[C@H](C)C[C@@]2(C)OC)O[C@H](C)C[C@@H]1N(C)C. The maximum atomic E-state index is 14.4. The second kappa shape index (κ2) is 22.8. The first-order chi connectivity index (χ1) is 28.4. The van der Waals surface area contributed by atoms with Gasteiger partial charge >= 0.3 is 12.1 Å². The lowest BCUT2D eigenvalue weighted by Crippen LogP contribution is -2.62. The number of ether oxygens (including phenoxy) is 8. The van der Waals surface area contributed by atoms with Crippen molar-refractivity contribution < 1.29 is 67.6 Å². The van der Waals surface area contributed by atoms with Crippen LogP contribution in [-0.2, 0) is 47.5 Å². The number of likely N-dealkylation sites (N-methyl/N-ethyl adjacent to an activating group) is 1.